The van der Waals surface area contributed by atoms with Crippen molar-refractivity contribution < 1.29 is 14.3 Å². The summed E-state index contributed by atoms with van der Waals surface area (Å²) in [7, 11) is 0. The number of hydrogen-bond donors (Lipinski definition) is 3. The van der Waals surface area contributed by atoms with Crippen LogP contribution in [-0.4, -0.2) is 37.2 Å². The van der Waals surface area contributed by atoms with Gasteiger partial charge in [0.2, 0.25) is 5.91 Å². The standard InChI is InChI=1S/C10H21N3O3/c1-10(2,3)16-9(15)13-7-6-12-5-4-8(11)14/h12H,4-7H2,1-3H3,(H2,11,14)(H,13,15). The lowest BCUT2D eigenvalue weighted by atomic mass is 10.2. The highest BCUT2D eigenvalue weighted by atomic mass is 16.6. The first-order valence-corrected chi connectivity index (χ1v) is 5.27. The minimum atomic E-state index is -0.483. The molecule has 0 aromatic carbocycles. The number of rotatable bonds is 6. The van der Waals surface area contributed by atoms with Crippen molar-refractivity contribution in [2.75, 3.05) is 19.6 Å². The second-order valence-electron chi connectivity index (χ2n) is 4.39. The summed E-state index contributed by atoms with van der Waals surface area (Å²) in [6.07, 6.45) is -0.143. The van der Waals surface area contributed by atoms with Crippen molar-refractivity contribution in [3.63, 3.8) is 0 Å². The van der Waals surface area contributed by atoms with Gasteiger partial charge >= 0.3 is 6.09 Å². The molecule has 0 fully saturated rings. The summed E-state index contributed by atoms with van der Waals surface area (Å²) in [5, 5.41) is 5.55. The van der Waals surface area contributed by atoms with Gasteiger partial charge in [-0.25, -0.2) is 4.79 Å². The Morgan fingerprint density at radius 2 is 1.81 bits per heavy atom. The molecule has 0 radical (unpaired) electrons. The highest BCUT2D eigenvalue weighted by Gasteiger charge is 2.15. The maximum Gasteiger partial charge on any atom is 0.407 e. The Morgan fingerprint density at radius 1 is 1.19 bits per heavy atom. The summed E-state index contributed by atoms with van der Waals surface area (Å²) in [5.74, 6) is -0.340. The van der Waals surface area contributed by atoms with Gasteiger partial charge in [-0.3, -0.25) is 4.79 Å². The average Bonchev–Trinajstić information content (AvgIpc) is 2.07. The maximum absolute atomic E-state index is 11.2. The first kappa shape index (κ1) is 14.7. The van der Waals surface area contributed by atoms with Crippen LogP contribution >= 0.6 is 0 Å². The van der Waals surface area contributed by atoms with Crippen LogP contribution in [0.15, 0.2) is 0 Å². The Labute approximate surface area is 95.9 Å². The lowest BCUT2D eigenvalue weighted by Crippen LogP contribution is -2.37. The Bertz CT molecular complexity index is 236. The zero-order valence-corrected chi connectivity index (χ0v) is 10.1. The largest absolute Gasteiger partial charge is 0.444 e. The van der Waals surface area contributed by atoms with Gasteiger partial charge in [0.05, 0.1) is 0 Å². The van der Waals surface area contributed by atoms with E-state index in [1.807, 2.05) is 0 Å². The number of alkyl carbamates (subject to hydrolysis) is 1. The number of nitrogens with two attached hydrogens (primary N) is 1. The van der Waals surface area contributed by atoms with Crippen molar-refractivity contribution in [3.05, 3.63) is 0 Å². The molecule has 0 aromatic rings. The van der Waals surface area contributed by atoms with E-state index in [9.17, 15) is 9.59 Å². The van der Waals surface area contributed by atoms with E-state index in [0.29, 0.717) is 26.1 Å². The molecule has 0 atom stereocenters. The van der Waals surface area contributed by atoms with Crippen molar-refractivity contribution in [3.8, 4) is 0 Å². The predicted octanol–water partition coefficient (Wildman–Crippen LogP) is -0.0239. The SMILES string of the molecule is CC(C)(C)OC(=O)NCCNCCC(N)=O. The van der Waals surface area contributed by atoms with E-state index in [4.69, 9.17) is 10.5 Å². The number of carbonyl (C=O) groups excluding carboxylic acids is 2. The molecule has 6 nitrogen and oxygen atoms in total. The van der Waals surface area contributed by atoms with Crippen LogP contribution in [0.1, 0.15) is 27.2 Å². The monoisotopic (exact) mass is 231 g/mol. The molecule has 0 heterocycles. The average molecular weight is 231 g/mol. The molecular formula is C10H21N3O3. The van der Waals surface area contributed by atoms with E-state index in [2.05, 4.69) is 10.6 Å². The van der Waals surface area contributed by atoms with Crippen LogP contribution in [0.5, 0.6) is 0 Å². The molecule has 4 N–H and O–H groups in total. The molecule has 0 rings (SSSR count). The summed E-state index contributed by atoms with van der Waals surface area (Å²) < 4.78 is 5.03. The van der Waals surface area contributed by atoms with E-state index in [1.165, 1.54) is 0 Å². The first-order valence-electron chi connectivity index (χ1n) is 5.27. The molecule has 0 saturated heterocycles. The lowest BCUT2D eigenvalue weighted by molar-refractivity contribution is -0.117. The van der Waals surface area contributed by atoms with Crippen molar-refractivity contribution in [2.45, 2.75) is 32.8 Å². The van der Waals surface area contributed by atoms with Crippen LogP contribution in [0.25, 0.3) is 0 Å². The second-order valence-corrected chi connectivity index (χ2v) is 4.39. The number of hydrogen-bond acceptors (Lipinski definition) is 4. The number of primary amides is 1. The molecule has 0 aliphatic rings. The zero-order valence-electron chi connectivity index (χ0n) is 10.1. The van der Waals surface area contributed by atoms with E-state index < -0.39 is 11.7 Å². The molecule has 0 aliphatic heterocycles. The fraction of sp³-hybridized carbons (Fsp3) is 0.800. The quantitative estimate of drug-likeness (QED) is 0.560. The molecule has 0 spiro atoms. The Hall–Kier alpha value is -1.30. The van der Waals surface area contributed by atoms with E-state index in [1.54, 1.807) is 20.8 Å². The molecule has 0 aromatic heterocycles. The van der Waals surface area contributed by atoms with Gasteiger partial charge in [-0.2, -0.15) is 0 Å². The Balaban J connectivity index is 3.38. The lowest BCUT2D eigenvalue weighted by Gasteiger charge is -2.19. The van der Waals surface area contributed by atoms with Crippen LogP contribution in [0.3, 0.4) is 0 Å². The van der Waals surface area contributed by atoms with Crippen molar-refractivity contribution in [1.29, 1.82) is 0 Å². The second kappa shape index (κ2) is 7.05. The fourth-order valence-corrected chi connectivity index (χ4v) is 0.904. The minimum absolute atomic E-state index is 0.298. The predicted molar refractivity (Wildman–Crippen MR) is 60.9 cm³/mol. The Kier molecular flexibility index (Phi) is 6.48. The molecule has 0 bridgehead atoms. The Morgan fingerprint density at radius 3 is 2.31 bits per heavy atom. The third-order valence-electron chi connectivity index (χ3n) is 1.52. The topological polar surface area (TPSA) is 93.4 Å². The van der Waals surface area contributed by atoms with Crippen molar-refractivity contribution in [2.24, 2.45) is 5.73 Å². The summed E-state index contributed by atoms with van der Waals surface area (Å²) in [6, 6.07) is 0. The highest BCUT2D eigenvalue weighted by Crippen LogP contribution is 2.05. The van der Waals surface area contributed by atoms with Gasteiger partial charge in [0.15, 0.2) is 0 Å². The minimum Gasteiger partial charge on any atom is -0.444 e. The third kappa shape index (κ3) is 10.8. The smallest absolute Gasteiger partial charge is 0.407 e. The van der Waals surface area contributed by atoms with Gasteiger partial charge in [0.1, 0.15) is 5.60 Å². The normalized spacial score (nSPS) is 10.9. The summed E-state index contributed by atoms with van der Waals surface area (Å²) in [6.45, 7) is 6.96. The van der Waals surface area contributed by atoms with Gasteiger partial charge in [-0.1, -0.05) is 0 Å². The van der Waals surface area contributed by atoms with Gasteiger partial charge < -0.3 is 21.1 Å². The molecule has 0 saturated carbocycles. The van der Waals surface area contributed by atoms with Gasteiger partial charge in [0.25, 0.3) is 0 Å². The fourth-order valence-electron chi connectivity index (χ4n) is 0.904. The summed E-state index contributed by atoms with van der Waals surface area (Å²) >= 11 is 0. The van der Waals surface area contributed by atoms with Crippen LogP contribution in [0.2, 0.25) is 0 Å². The highest BCUT2D eigenvalue weighted by molar-refractivity contribution is 5.73. The molecule has 94 valence electrons. The number of carbonyl (C=O) groups is 2. The third-order valence-corrected chi connectivity index (χ3v) is 1.52. The molecule has 2 amide bonds. The first-order chi connectivity index (χ1) is 7.31. The number of nitrogens with one attached hydrogen (secondary N) is 2. The number of ether oxygens (including phenoxy) is 1. The molecule has 0 aliphatic carbocycles. The van der Waals surface area contributed by atoms with Crippen LogP contribution in [0, 0.1) is 0 Å². The van der Waals surface area contributed by atoms with Crippen molar-refractivity contribution >= 4 is 12.0 Å². The van der Waals surface area contributed by atoms with Crippen LogP contribution in [-0.2, 0) is 9.53 Å². The molecule has 0 unspecified atom stereocenters. The maximum atomic E-state index is 11.2. The van der Waals surface area contributed by atoms with Gasteiger partial charge in [-0.15, -0.1) is 0 Å². The van der Waals surface area contributed by atoms with E-state index >= 15 is 0 Å². The van der Waals surface area contributed by atoms with E-state index in [0.717, 1.165) is 0 Å². The molecule has 16 heavy (non-hydrogen) atoms. The molecule has 6 heteroatoms. The zero-order chi connectivity index (χ0) is 12.6. The van der Waals surface area contributed by atoms with E-state index in [-0.39, 0.29) is 5.91 Å². The van der Waals surface area contributed by atoms with Crippen molar-refractivity contribution in [1.82, 2.24) is 10.6 Å². The molecular weight excluding hydrogens is 210 g/mol. The summed E-state index contributed by atoms with van der Waals surface area (Å²) in [5.41, 5.74) is 4.47. The van der Waals surface area contributed by atoms with Gasteiger partial charge in [-0.05, 0) is 20.8 Å². The number of amides is 2. The van der Waals surface area contributed by atoms with Crippen LogP contribution in [0.4, 0.5) is 4.79 Å². The van der Waals surface area contributed by atoms with Gasteiger partial charge in [0, 0.05) is 26.1 Å². The van der Waals surface area contributed by atoms with Crippen LogP contribution < -0.4 is 16.4 Å². The summed E-state index contributed by atoms with van der Waals surface area (Å²) in [4.78, 5) is 21.6.